The summed E-state index contributed by atoms with van der Waals surface area (Å²) in [5.41, 5.74) is 0.998. The highest BCUT2D eigenvalue weighted by Crippen LogP contribution is 2.39. The maximum atomic E-state index is 13.3. The number of amides is 2. The van der Waals surface area contributed by atoms with Gasteiger partial charge in [-0.1, -0.05) is 44.2 Å². The van der Waals surface area contributed by atoms with E-state index in [-0.39, 0.29) is 17.7 Å². The van der Waals surface area contributed by atoms with E-state index < -0.39 is 5.41 Å². The van der Waals surface area contributed by atoms with E-state index in [0.29, 0.717) is 47.3 Å². The van der Waals surface area contributed by atoms with E-state index in [2.05, 4.69) is 19.2 Å². The molecule has 1 N–H and O–H groups in total. The van der Waals surface area contributed by atoms with Crippen molar-refractivity contribution in [3.63, 3.8) is 0 Å². The first-order valence-electron chi connectivity index (χ1n) is 11.5. The normalized spacial score (nSPS) is 14.7. The van der Waals surface area contributed by atoms with Gasteiger partial charge < -0.3 is 19.7 Å². The van der Waals surface area contributed by atoms with E-state index in [1.54, 1.807) is 41.3 Å². The number of fused-ring (bicyclic) bond motifs is 1. The van der Waals surface area contributed by atoms with Gasteiger partial charge in [-0.25, -0.2) is 0 Å². The Labute approximate surface area is 200 Å². The zero-order chi connectivity index (χ0) is 24.3. The van der Waals surface area contributed by atoms with Gasteiger partial charge in [-0.05, 0) is 62.2 Å². The number of hydrogen-bond acceptors (Lipinski definition) is 4. The van der Waals surface area contributed by atoms with Crippen LogP contribution in [0.5, 0.6) is 17.2 Å². The number of benzene rings is 3. The molecule has 0 spiro atoms. The fourth-order valence-electron chi connectivity index (χ4n) is 3.83. The van der Waals surface area contributed by atoms with Crippen molar-refractivity contribution in [1.29, 1.82) is 0 Å². The second-order valence-corrected chi connectivity index (χ2v) is 9.53. The summed E-state index contributed by atoms with van der Waals surface area (Å²) in [7, 11) is 0. The van der Waals surface area contributed by atoms with Gasteiger partial charge in [0.2, 0.25) is 5.91 Å². The molecule has 0 atom stereocenters. The van der Waals surface area contributed by atoms with Crippen molar-refractivity contribution in [1.82, 2.24) is 0 Å². The predicted octanol–water partition coefficient (Wildman–Crippen LogP) is 6.14. The summed E-state index contributed by atoms with van der Waals surface area (Å²) in [5, 5.41) is 2.95. The Hall–Kier alpha value is -3.80. The lowest BCUT2D eigenvalue weighted by Crippen LogP contribution is -2.43. The molecule has 6 nitrogen and oxygen atoms in total. The average Bonchev–Trinajstić information content (AvgIpc) is 2.90. The van der Waals surface area contributed by atoms with Crippen LogP contribution >= 0.6 is 0 Å². The van der Waals surface area contributed by atoms with E-state index in [4.69, 9.17) is 9.47 Å². The molecule has 0 aliphatic carbocycles. The summed E-state index contributed by atoms with van der Waals surface area (Å²) in [6.07, 6.45) is 0. The molecule has 3 aromatic carbocycles. The molecule has 0 fully saturated rings. The van der Waals surface area contributed by atoms with Crippen LogP contribution < -0.4 is 19.7 Å². The van der Waals surface area contributed by atoms with Gasteiger partial charge >= 0.3 is 0 Å². The van der Waals surface area contributed by atoms with Crippen LogP contribution in [-0.2, 0) is 4.79 Å². The maximum Gasteiger partial charge on any atom is 0.259 e. The monoisotopic (exact) mass is 458 g/mol. The molecule has 2 amide bonds. The van der Waals surface area contributed by atoms with Gasteiger partial charge in [0, 0.05) is 12.2 Å². The van der Waals surface area contributed by atoms with Gasteiger partial charge in [0.1, 0.15) is 23.9 Å². The maximum absolute atomic E-state index is 13.3. The molecule has 0 bridgehead atoms. The number of carbonyl (C=O) groups excluding carboxylic acids is 2. The highest BCUT2D eigenvalue weighted by atomic mass is 16.5. The van der Waals surface area contributed by atoms with Crippen molar-refractivity contribution >= 4 is 23.2 Å². The van der Waals surface area contributed by atoms with E-state index in [1.807, 2.05) is 50.2 Å². The van der Waals surface area contributed by atoms with Crippen LogP contribution in [0.1, 0.15) is 38.1 Å². The number of nitrogens with zero attached hydrogens (tertiary/aromatic N) is 1. The van der Waals surface area contributed by atoms with Crippen LogP contribution in [0, 0.1) is 11.3 Å². The number of para-hydroxylation sites is 2. The van der Waals surface area contributed by atoms with E-state index in [0.717, 1.165) is 0 Å². The molecular weight excluding hydrogens is 428 g/mol. The molecular formula is C28H30N2O4. The van der Waals surface area contributed by atoms with Crippen molar-refractivity contribution in [3.8, 4) is 17.2 Å². The summed E-state index contributed by atoms with van der Waals surface area (Å²) < 4.78 is 11.9. The van der Waals surface area contributed by atoms with Crippen molar-refractivity contribution in [3.05, 3.63) is 78.4 Å². The van der Waals surface area contributed by atoms with Crippen LogP contribution in [0.25, 0.3) is 0 Å². The Morgan fingerprint density at radius 3 is 2.50 bits per heavy atom. The number of ether oxygens (including phenoxy) is 2. The lowest BCUT2D eigenvalue weighted by molar-refractivity contribution is -0.127. The van der Waals surface area contributed by atoms with E-state index in [1.165, 1.54) is 0 Å². The van der Waals surface area contributed by atoms with Crippen LogP contribution in [0.4, 0.5) is 11.4 Å². The van der Waals surface area contributed by atoms with Crippen LogP contribution in [-0.4, -0.2) is 25.0 Å². The third-order valence-electron chi connectivity index (χ3n) is 5.57. The van der Waals surface area contributed by atoms with Crippen molar-refractivity contribution in [2.45, 2.75) is 27.7 Å². The minimum absolute atomic E-state index is 0.00466. The van der Waals surface area contributed by atoms with Crippen molar-refractivity contribution in [2.75, 3.05) is 23.4 Å². The highest BCUT2D eigenvalue weighted by molar-refractivity contribution is 6.07. The molecule has 0 saturated heterocycles. The van der Waals surface area contributed by atoms with Crippen molar-refractivity contribution < 1.29 is 19.1 Å². The smallest absolute Gasteiger partial charge is 0.259 e. The average molecular weight is 459 g/mol. The fourth-order valence-corrected chi connectivity index (χ4v) is 3.83. The number of rotatable bonds is 6. The zero-order valence-electron chi connectivity index (χ0n) is 20.0. The molecule has 0 saturated carbocycles. The number of anilines is 2. The SMILES string of the molecule is CC(C)CN1C(=O)C(C)(C)COc2ccc(NC(=O)c3ccccc3Oc3ccccc3)cc21. The Morgan fingerprint density at radius 1 is 1.06 bits per heavy atom. The second-order valence-electron chi connectivity index (χ2n) is 9.53. The number of hydrogen-bond donors (Lipinski definition) is 1. The standard InChI is InChI=1S/C28H30N2O4/c1-19(2)17-30-23-16-20(14-15-25(23)33-18-28(3,4)27(30)32)29-26(31)22-12-8-9-13-24(22)34-21-10-6-5-7-11-21/h5-16,19H,17-18H2,1-4H3,(H,29,31). The Balaban J connectivity index is 1.62. The number of carbonyl (C=O) groups is 2. The molecule has 0 radical (unpaired) electrons. The molecule has 0 aromatic heterocycles. The van der Waals surface area contributed by atoms with Gasteiger partial charge in [-0.3, -0.25) is 9.59 Å². The quantitative estimate of drug-likeness (QED) is 0.482. The van der Waals surface area contributed by atoms with Gasteiger partial charge in [-0.2, -0.15) is 0 Å². The van der Waals surface area contributed by atoms with Crippen molar-refractivity contribution in [2.24, 2.45) is 11.3 Å². The van der Waals surface area contributed by atoms with Gasteiger partial charge in [0.15, 0.2) is 0 Å². The minimum atomic E-state index is -0.648. The summed E-state index contributed by atoms with van der Waals surface area (Å²) in [6, 6.07) is 21.8. The summed E-state index contributed by atoms with van der Waals surface area (Å²) >= 11 is 0. The molecule has 6 heteroatoms. The van der Waals surface area contributed by atoms with Gasteiger partial charge in [0.25, 0.3) is 5.91 Å². The molecule has 0 unspecified atom stereocenters. The second kappa shape index (κ2) is 9.59. The van der Waals surface area contributed by atoms with Crippen LogP contribution in [0.15, 0.2) is 72.8 Å². The molecule has 1 aliphatic rings. The first kappa shape index (κ1) is 23.4. The van der Waals surface area contributed by atoms with E-state index >= 15 is 0 Å². The van der Waals surface area contributed by atoms with Gasteiger partial charge in [-0.15, -0.1) is 0 Å². The molecule has 3 aromatic rings. The molecule has 1 aliphatic heterocycles. The fraction of sp³-hybridized carbons (Fsp3) is 0.286. The van der Waals surface area contributed by atoms with Crippen LogP contribution in [0.2, 0.25) is 0 Å². The van der Waals surface area contributed by atoms with E-state index in [9.17, 15) is 9.59 Å². The lowest BCUT2D eigenvalue weighted by Gasteiger charge is -2.29. The minimum Gasteiger partial charge on any atom is -0.490 e. The molecule has 34 heavy (non-hydrogen) atoms. The predicted molar refractivity (Wildman–Crippen MR) is 134 cm³/mol. The Bertz CT molecular complexity index is 1190. The largest absolute Gasteiger partial charge is 0.490 e. The zero-order valence-corrected chi connectivity index (χ0v) is 20.0. The topological polar surface area (TPSA) is 67.9 Å². The molecule has 1 heterocycles. The number of nitrogens with one attached hydrogen (secondary N) is 1. The Kier molecular flexibility index (Phi) is 6.59. The lowest BCUT2D eigenvalue weighted by atomic mass is 9.92. The Morgan fingerprint density at radius 2 is 1.76 bits per heavy atom. The molecule has 176 valence electrons. The van der Waals surface area contributed by atoms with Crippen LogP contribution in [0.3, 0.4) is 0 Å². The first-order chi connectivity index (χ1) is 16.2. The highest BCUT2D eigenvalue weighted by Gasteiger charge is 2.38. The van der Waals surface area contributed by atoms with Gasteiger partial charge in [0.05, 0.1) is 16.7 Å². The third kappa shape index (κ3) is 5.06. The third-order valence-corrected chi connectivity index (χ3v) is 5.57. The molecule has 4 rings (SSSR count). The first-order valence-corrected chi connectivity index (χ1v) is 11.5. The summed E-state index contributed by atoms with van der Waals surface area (Å²) in [6.45, 7) is 8.77. The summed E-state index contributed by atoms with van der Waals surface area (Å²) in [5.74, 6) is 1.71. The summed E-state index contributed by atoms with van der Waals surface area (Å²) in [4.78, 5) is 28.2.